The Morgan fingerprint density at radius 2 is 1.83 bits per heavy atom. The van der Waals surface area contributed by atoms with E-state index >= 15 is 0 Å². The van der Waals surface area contributed by atoms with E-state index in [1.165, 1.54) is 4.90 Å². The topological polar surface area (TPSA) is 78.7 Å². The summed E-state index contributed by atoms with van der Waals surface area (Å²) < 4.78 is 0. The van der Waals surface area contributed by atoms with Crippen LogP contribution in [0.15, 0.2) is 24.3 Å². The van der Waals surface area contributed by atoms with Crippen LogP contribution in [-0.4, -0.2) is 55.5 Å². The highest BCUT2D eigenvalue weighted by molar-refractivity contribution is 5.96. The molecule has 1 aromatic rings. The largest absolute Gasteiger partial charge is 0.342 e. The van der Waals surface area contributed by atoms with Gasteiger partial charge >= 0.3 is 6.03 Å². The monoisotopic (exact) mass is 356 g/mol. The van der Waals surface area contributed by atoms with E-state index in [1.807, 2.05) is 0 Å². The van der Waals surface area contributed by atoms with Crippen LogP contribution in [0, 0.1) is 5.92 Å². The molecule has 7 heteroatoms. The van der Waals surface area contributed by atoms with Crippen molar-refractivity contribution in [2.75, 3.05) is 33.0 Å². The highest BCUT2D eigenvalue weighted by Gasteiger charge is 2.15. The number of hydrogen-bond acceptors (Lipinski definition) is 3. The lowest BCUT2D eigenvalue weighted by Gasteiger charge is -2.22. The molecule has 0 saturated heterocycles. The van der Waals surface area contributed by atoms with Crippen LogP contribution in [0.3, 0.4) is 0 Å². The molecule has 0 spiro atoms. The second-order valence-corrected chi connectivity index (χ2v) is 6.33. The number of benzene rings is 1. The molecule has 0 aromatic heterocycles. The standard InChI is InChI=1S/C17H28N4O2.ClH/c1-12(2)15(18)9-10-21(5)16(22)13-7-6-8-14(11-13)19-17(23)20(3)4;/h6-8,11-12,15H,9-10,18H2,1-5H3,(H,19,23);1H. The summed E-state index contributed by atoms with van der Waals surface area (Å²) in [6, 6.07) is 6.79. The van der Waals surface area contributed by atoms with E-state index in [0.29, 0.717) is 23.7 Å². The van der Waals surface area contributed by atoms with E-state index in [2.05, 4.69) is 19.2 Å². The second kappa shape index (κ2) is 10.2. The Hall–Kier alpha value is -1.79. The van der Waals surface area contributed by atoms with Crippen molar-refractivity contribution in [2.45, 2.75) is 26.3 Å². The third-order valence-electron chi connectivity index (χ3n) is 3.77. The zero-order chi connectivity index (χ0) is 17.6. The van der Waals surface area contributed by atoms with Crippen LogP contribution in [0.1, 0.15) is 30.6 Å². The average molecular weight is 357 g/mol. The van der Waals surface area contributed by atoms with Crippen molar-refractivity contribution >= 4 is 30.0 Å². The molecule has 0 aliphatic heterocycles. The van der Waals surface area contributed by atoms with Crippen molar-refractivity contribution in [1.29, 1.82) is 0 Å². The minimum absolute atomic E-state index is 0. The van der Waals surface area contributed by atoms with Crippen LogP contribution >= 0.6 is 12.4 Å². The summed E-state index contributed by atoms with van der Waals surface area (Å²) in [6.45, 7) is 4.75. The normalized spacial score (nSPS) is 11.5. The number of halogens is 1. The number of amides is 3. The van der Waals surface area contributed by atoms with Gasteiger partial charge in [-0.15, -0.1) is 12.4 Å². The predicted octanol–water partition coefficient (Wildman–Crippen LogP) is 2.65. The van der Waals surface area contributed by atoms with E-state index in [9.17, 15) is 9.59 Å². The summed E-state index contributed by atoms with van der Waals surface area (Å²) in [5.74, 6) is 0.310. The highest BCUT2D eigenvalue weighted by atomic mass is 35.5. The molecule has 6 nitrogen and oxygen atoms in total. The minimum Gasteiger partial charge on any atom is -0.342 e. The molecule has 0 saturated carbocycles. The van der Waals surface area contributed by atoms with Gasteiger partial charge in [-0.3, -0.25) is 4.79 Å². The Morgan fingerprint density at radius 3 is 2.38 bits per heavy atom. The van der Waals surface area contributed by atoms with E-state index in [1.54, 1.807) is 50.3 Å². The Bertz CT molecular complexity index is 549. The first-order chi connectivity index (χ1) is 10.7. The van der Waals surface area contributed by atoms with Crippen molar-refractivity contribution < 1.29 is 9.59 Å². The smallest absolute Gasteiger partial charge is 0.321 e. The van der Waals surface area contributed by atoms with E-state index in [4.69, 9.17) is 5.73 Å². The Labute approximate surface area is 150 Å². The Balaban J connectivity index is 0.00000529. The third kappa shape index (κ3) is 6.76. The van der Waals surface area contributed by atoms with Gasteiger partial charge < -0.3 is 20.9 Å². The van der Waals surface area contributed by atoms with Crippen LogP contribution in [0.4, 0.5) is 10.5 Å². The first-order valence-electron chi connectivity index (χ1n) is 7.81. The molecule has 0 fully saturated rings. The first kappa shape index (κ1) is 22.2. The molecule has 1 aromatic carbocycles. The van der Waals surface area contributed by atoms with Crippen LogP contribution < -0.4 is 11.1 Å². The zero-order valence-corrected chi connectivity index (χ0v) is 15.9. The number of urea groups is 1. The molecule has 0 heterocycles. The fraction of sp³-hybridized carbons (Fsp3) is 0.529. The number of nitrogens with zero attached hydrogens (tertiary/aromatic N) is 2. The molecule has 0 aliphatic rings. The fourth-order valence-electron chi connectivity index (χ4n) is 1.96. The molecule has 0 bridgehead atoms. The molecule has 136 valence electrons. The lowest BCUT2D eigenvalue weighted by atomic mass is 10.0. The average Bonchev–Trinajstić information content (AvgIpc) is 2.51. The second-order valence-electron chi connectivity index (χ2n) is 6.33. The number of nitrogens with one attached hydrogen (secondary N) is 1. The third-order valence-corrected chi connectivity index (χ3v) is 3.77. The SMILES string of the molecule is CC(C)C(N)CCN(C)C(=O)c1cccc(NC(=O)N(C)C)c1.Cl. The van der Waals surface area contributed by atoms with Gasteiger partial charge in [-0.25, -0.2) is 4.79 Å². The van der Waals surface area contributed by atoms with Gasteiger partial charge in [0.1, 0.15) is 0 Å². The number of hydrogen-bond donors (Lipinski definition) is 2. The van der Waals surface area contributed by atoms with Crippen molar-refractivity contribution in [3.8, 4) is 0 Å². The van der Waals surface area contributed by atoms with Crippen molar-refractivity contribution in [1.82, 2.24) is 9.80 Å². The quantitative estimate of drug-likeness (QED) is 0.822. The van der Waals surface area contributed by atoms with E-state index in [0.717, 1.165) is 6.42 Å². The van der Waals surface area contributed by atoms with Crippen molar-refractivity contribution in [2.24, 2.45) is 11.7 Å². The van der Waals surface area contributed by atoms with E-state index in [-0.39, 0.29) is 30.4 Å². The first-order valence-corrected chi connectivity index (χ1v) is 7.81. The lowest BCUT2D eigenvalue weighted by molar-refractivity contribution is 0.0789. The highest BCUT2D eigenvalue weighted by Crippen LogP contribution is 2.13. The summed E-state index contributed by atoms with van der Waals surface area (Å²) in [6.07, 6.45) is 0.761. The van der Waals surface area contributed by atoms with Gasteiger partial charge in [0.2, 0.25) is 0 Å². The van der Waals surface area contributed by atoms with Gasteiger partial charge in [0.05, 0.1) is 0 Å². The summed E-state index contributed by atoms with van der Waals surface area (Å²) in [7, 11) is 5.09. The van der Waals surface area contributed by atoms with Crippen molar-refractivity contribution in [3.63, 3.8) is 0 Å². The predicted molar refractivity (Wildman–Crippen MR) is 101 cm³/mol. The maximum atomic E-state index is 12.5. The molecule has 1 rings (SSSR count). The summed E-state index contributed by atoms with van der Waals surface area (Å²) in [5, 5.41) is 2.74. The maximum absolute atomic E-state index is 12.5. The molecule has 0 aliphatic carbocycles. The fourth-order valence-corrected chi connectivity index (χ4v) is 1.96. The molecule has 1 atom stereocenters. The molecule has 3 N–H and O–H groups in total. The van der Waals surface area contributed by atoms with Crippen LogP contribution in [-0.2, 0) is 0 Å². The van der Waals surface area contributed by atoms with Crippen LogP contribution in [0.2, 0.25) is 0 Å². The number of rotatable bonds is 6. The molecule has 3 amide bonds. The van der Waals surface area contributed by atoms with Gasteiger partial charge in [-0.05, 0) is 30.5 Å². The van der Waals surface area contributed by atoms with Crippen molar-refractivity contribution in [3.05, 3.63) is 29.8 Å². The maximum Gasteiger partial charge on any atom is 0.321 e. The molecule has 1 unspecified atom stereocenters. The lowest BCUT2D eigenvalue weighted by Crippen LogP contribution is -2.34. The van der Waals surface area contributed by atoms with Gasteiger partial charge in [0, 0.05) is 45.0 Å². The van der Waals surface area contributed by atoms with Gasteiger partial charge in [-0.2, -0.15) is 0 Å². The summed E-state index contributed by atoms with van der Waals surface area (Å²) in [4.78, 5) is 27.2. The molecular formula is C17H29ClN4O2. The number of anilines is 1. The molecule has 0 radical (unpaired) electrons. The van der Waals surface area contributed by atoms with Gasteiger partial charge in [0.15, 0.2) is 0 Å². The van der Waals surface area contributed by atoms with Crippen LogP contribution in [0.25, 0.3) is 0 Å². The van der Waals surface area contributed by atoms with Gasteiger partial charge in [0.25, 0.3) is 5.91 Å². The number of nitrogens with two attached hydrogens (primary N) is 1. The van der Waals surface area contributed by atoms with Crippen LogP contribution in [0.5, 0.6) is 0 Å². The molecule has 24 heavy (non-hydrogen) atoms. The van der Waals surface area contributed by atoms with Gasteiger partial charge in [-0.1, -0.05) is 19.9 Å². The minimum atomic E-state index is -0.231. The Kier molecular flexibility index (Phi) is 9.40. The van der Waals surface area contributed by atoms with E-state index < -0.39 is 0 Å². The summed E-state index contributed by atoms with van der Waals surface area (Å²) in [5.41, 5.74) is 7.16. The summed E-state index contributed by atoms with van der Waals surface area (Å²) >= 11 is 0. The number of carbonyl (C=O) groups excluding carboxylic acids is 2. The zero-order valence-electron chi connectivity index (χ0n) is 15.1. The molecular weight excluding hydrogens is 328 g/mol. The Morgan fingerprint density at radius 1 is 1.21 bits per heavy atom. The number of carbonyl (C=O) groups is 2.